The molecule has 1 rings (SSSR count). The van der Waals surface area contributed by atoms with E-state index in [1.54, 1.807) is 0 Å². The zero-order chi connectivity index (χ0) is 14.4. The molecule has 0 aliphatic carbocycles. The maximum Gasteiger partial charge on any atom is 0.0601 e. The number of benzene rings is 1. The summed E-state index contributed by atoms with van der Waals surface area (Å²) in [6.07, 6.45) is 0.934. The summed E-state index contributed by atoms with van der Waals surface area (Å²) in [4.78, 5) is 2.15. The van der Waals surface area contributed by atoms with Crippen LogP contribution in [0.2, 0.25) is 0 Å². The lowest BCUT2D eigenvalue weighted by Gasteiger charge is -2.32. The summed E-state index contributed by atoms with van der Waals surface area (Å²) in [5, 5.41) is 9.59. The van der Waals surface area contributed by atoms with Gasteiger partial charge in [0.15, 0.2) is 0 Å². The molecule has 0 radical (unpaired) electrons. The van der Waals surface area contributed by atoms with Crippen molar-refractivity contribution in [2.24, 2.45) is 11.7 Å². The number of hydrogen-bond donors (Lipinski definition) is 2. The van der Waals surface area contributed by atoms with E-state index in [4.69, 9.17) is 5.73 Å². The average Bonchev–Trinajstić information content (AvgIpc) is 2.28. The minimum absolute atomic E-state index is 0.0137. The molecule has 0 saturated carbocycles. The Balaban J connectivity index is 2.65. The van der Waals surface area contributed by atoms with Crippen molar-refractivity contribution in [3.8, 4) is 0 Å². The van der Waals surface area contributed by atoms with Crippen LogP contribution in [0.5, 0.6) is 0 Å². The Morgan fingerprint density at radius 2 is 2.00 bits per heavy atom. The first-order valence-electron chi connectivity index (χ1n) is 7.06. The van der Waals surface area contributed by atoms with Gasteiger partial charge in [-0.2, -0.15) is 0 Å². The van der Waals surface area contributed by atoms with Crippen LogP contribution < -0.4 is 5.73 Å². The molecule has 0 heterocycles. The Labute approximate surface area is 117 Å². The van der Waals surface area contributed by atoms with Gasteiger partial charge in [-0.1, -0.05) is 43.7 Å². The van der Waals surface area contributed by atoms with E-state index in [1.807, 2.05) is 7.05 Å². The molecule has 0 bridgehead atoms. The number of aliphatic hydroxyl groups is 1. The number of rotatable bonds is 7. The normalized spacial score (nSPS) is 14.9. The van der Waals surface area contributed by atoms with E-state index in [0.29, 0.717) is 5.92 Å². The van der Waals surface area contributed by atoms with Crippen LogP contribution in [0.15, 0.2) is 24.3 Å². The van der Waals surface area contributed by atoms with Crippen LogP contribution in [-0.2, 0) is 6.54 Å². The number of nitrogens with zero attached hydrogens (tertiary/aromatic N) is 1. The van der Waals surface area contributed by atoms with Gasteiger partial charge < -0.3 is 10.8 Å². The first-order chi connectivity index (χ1) is 8.93. The fourth-order valence-corrected chi connectivity index (χ4v) is 2.52. The molecule has 0 saturated heterocycles. The van der Waals surface area contributed by atoms with Crippen molar-refractivity contribution in [3.63, 3.8) is 0 Å². The monoisotopic (exact) mass is 264 g/mol. The molecular weight excluding hydrogens is 236 g/mol. The minimum Gasteiger partial charge on any atom is -0.395 e. The molecule has 1 aromatic carbocycles. The van der Waals surface area contributed by atoms with Gasteiger partial charge in [0.1, 0.15) is 0 Å². The summed E-state index contributed by atoms with van der Waals surface area (Å²) >= 11 is 0. The predicted octanol–water partition coefficient (Wildman–Crippen LogP) is 2.16. The quantitative estimate of drug-likeness (QED) is 0.793. The zero-order valence-electron chi connectivity index (χ0n) is 12.6. The summed E-state index contributed by atoms with van der Waals surface area (Å²) in [6.45, 7) is 7.34. The zero-order valence-corrected chi connectivity index (χ0v) is 12.6. The van der Waals surface area contributed by atoms with Crippen LogP contribution in [0.25, 0.3) is 0 Å². The van der Waals surface area contributed by atoms with Crippen molar-refractivity contribution in [2.45, 2.75) is 45.8 Å². The van der Waals surface area contributed by atoms with Gasteiger partial charge >= 0.3 is 0 Å². The molecule has 3 heteroatoms. The van der Waals surface area contributed by atoms with Gasteiger partial charge in [-0.3, -0.25) is 4.90 Å². The van der Waals surface area contributed by atoms with Gasteiger partial charge in [-0.05, 0) is 31.9 Å². The van der Waals surface area contributed by atoms with Crippen LogP contribution in [0.4, 0.5) is 0 Å². The Bertz CT molecular complexity index is 379. The first kappa shape index (κ1) is 16.2. The highest BCUT2D eigenvalue weighted by molar-refractivity contribution is 5.22. The van der Waals surface area contributed by atoms with Gasteiger partial charge in [0, 0.05) is 18.6 Å². The van der Waals surface area contributed by atoms with E-state index in [1.165, 1.54) is 11.1 Å². The molecule has 0 spiro atoms. The van der Waals surface area contributed by atoms with Gasteiger partial charge in [0.05, 0.1) is 6.61 Å². The lowest BCUT2D eigenvalue weighted by molar-refractivity contribution is 0.114. The summed E-state index contributed by atoms with van der Waals surface area (Å²) in [6, 6.07) is 8.49. The number of nitrogens with two attached hydrogens (primary N) is 1. The number of hydrogen-bond acceptors (Lipinski definition) is 3. The van der Waals surface area contributed by atoms with Crippen LogP contribution in [0.1, 0.15) is 31.4 Å². The second-order valence-electron chi connectivity index (χ2n) is 5.95. The van der Waals surface area contributed by atoms with Crippen LogP contribution in [0.3, 0.4) is 0 Å². The van der Waals surface area contributed by atoms with Crippen LogP contribution in [0, 0.1) is 12.8 Å². The van der Waals surface area contributed by atoms with Crippen LogP contribution in [-0.4, -0.2) is 35.7 Å². The third-order valence-electron chi connectivity index (χ3n) is 3.51. The molecule has 1 aromatic rings. The smallest absolute Gasteiger partial charge is 0.0601 e. The van der Waals surface area contributed by atoms with Crippen molar-refractivity contribution in [1.82, 2.24) is 4.90 Å². The van der Waals surface area contributed by atoms with Gasteiger partial charge in [-0.25, -0.2) is 0 Å². The highest BCUT2D eigenvalue weighted by Crippen LogP contribution is 2.14. The third-order valence-corrected chi connectivity index (χ3v) is 3.51. The fourth-order valence-electron chi connectivity index (χ4n) is 2.52. The SMILES string of the molecule is Cc1cccc(CN(C)C(CO)C(N)CC(C)C)c1. The number of aryl methyl sites for hydroxylation is 1. The fraction of sp³-hybridized carbons (Fsp3) is 0.625. The molecule has 3 nitrogen and oxygen atoms in total. The molecule has 0 aromatic heterocycles. The summed E-state index contributed by atoms with van der Waals surface area (Å²) in [5.41, 5.74) is 8.74. The molecule has 3 N–H and O–H groups in total. The highest BCUT2D eigenvalue weighted by atomic mass is 16.3. The topological polar surface area (TPSA) is 49.5 Å². The van der Waals surface area contributed by atoms with Gasteiger partial charge in [-0.15, -0.1) is 0 Å². The summed E-state index contributed by atoms with van der Waals surface area (Å²) in [5.74, 6) is 0.552. The molecule has 0 aliphatic rings. The lowest BCUT2D eigenvalue weighted by Crippen LogP contribution is -2.48. The predicted molar refractivity (Wildman–Crippen MR) is 81.0 cm³/mol. The van der Waals surface area contributed by atoms with E-state index < -0.39 is 0 Å². The van der Waals surface area contributed by atoms with Gasteiger partial charge in [0.2, 0.25) is 0 Å². The Morgan fingerprint density at radius 3 is 2.53 bits per heavy atom. The van der Waals surface area contributed by atoms with Crippen molar-refractivity contribution < 1.29 is 5.11 Å². The molecule has 0 aliphatic heterocycles. The molecule has 19 heavy (non-hydrogen) atoms. The summed E-state index contributed by atoms with van der Waals surface area (Å²) in [7, 11) is 2.03. The van der Waals surface area contributed by atoms with E-state index >= 15 is 0 Å². The van der Waals surface area contributed by atoms with E-state index in [0.717, 1.165) is 13.0 Å². The van der Waals surface area contributed by atoms with Crippen molar-refractivity contribution in [2.75, 3.05) is 13.7 Å². The summed E-state index contributed by atoms with van der Waals surface area (Å²) < 4.78 is 0. The maximum absolute atomic E-state index is 9.59. The largest absolute Gasteiger partial charge is 0.395 e. The second-order valence-corrected chi connectivity index (χ2v) is 5.95. The standard InChI is InChI=1S/C16H28N2O/c1-12(2)8-15(17)16(11-19)18(4)10-14-7-5-6-13(3)9-14/h5-7,9,12,15-16,19H,8,10-11,17H2,1-4H3. The Morgan fingerprint density at radius 1 is 1.32 bits per heavy atom. The lowest BCUT2D eigenvalue weighted by atomic mass is 9.97. The third kappa shape index (κ3) is 5.31. The molecule has 2 unspecified atom stereocenters. The molecule has 2 atom stereocenters. The maximum atomic E-state index is 9.59. The molecule has 108 valence electrons. The molecule has 0 fully saturated rings. The van der Waals surface area contributed by atoms with Crippen molar-refractivity contribution >= 4 is 0 Å². The Hall–Kier alpha value is -0.900. The molecule has 0 amide bonds. The molecular formula is C16H28N2O. The number of aliphatic hydroxyl groups excluding tert-OH is 1. The van der Waals surface area contributed by atoms with Crippen molar-refractivity contribution in [1.29, 1.82) is 0 Å². The van der Waals surface area contributed by atoms with Crippen molar-refractivity contribution in [3.05, 3.63) is 35.4 Å². The van der Waals surface area contributed by atoms with E-state index in [2.05, 4.69) is 49.9 Å². The van der Waals surface area contributed by atoms with Crippen LogP contribution >= 0.6 is 0 Å². The highest BCUT2D eigenvalue weighted by Gasteiger charge is 2.22. The van der Waals surface area contributed by atoms with E-state index in [9.17, 15) is 5.11 Å². The first-order valence-corrected chi connectivity index (χ1v) is 7.06. The minimum atomic E-state index is 0.0137. The Kier molecular flexibility index (Phi) is 6.49. The number of likely N-dealkylation sites (N-methyl/N-ethyl adjacent to an activating group) is 1. The van der Waals surface area contributed by atoms with Gasteiger partial charge in [0.25, 0.3) is 0 Å². The van der Waals surface area contributed by atoms with E-state index in [-0.39, 0.29) is 18.7 Å². The second kappa shape index (κ2) is 7.63. The average molecular weight is 264 g/mol.